The number of para-hydroxylation sites is 1. The summed E-state index contributed by atoms with van der Waals surface area (Å²) < 4.78 is 31.6. The van der Waals surface area contributed by atoms with E-state index in [9.17, 15) is 13.2 Å². The van der Waals surface area contributed by atoms with E-state index < -0.39 is 16.1 Å². The van der Waals surface area contributed by atoms with Gasteiger partial charge in [-0.25, -0.2) is 8.42 Å². The molecule has 28 heavy (non-hydrogen) atoms. The van der Waals surface area contributed by atoms with Crippen molar-refractivity contribution in [3.8, 4) is 5.75 Å². The van der Waals surface area contributed by atoms with Crippen LogP contribution in [0.3, 0.4) is 0 Å². The van der Waals surface area contributed by atoms with Gasteiger partial charge in [-0.2, -0.15) is 0 Å². The first-order chi connectivity index (χ1) is 13.1. The Balaban J connectivity index is 2.23. The van der Waals surface area contributed by atoms with Gasteiger partial charge < -0.3 is 10.1 Å². The summed E-state index contributed by atoms with van der Waals surface area (Å²) in [6.45, 7) is 8.05. The van der Waals surface area contributed by atoms with Crippen LogP contribution in [-0.2, 0) is 21.4 Å². The maximum Gasteiger partial charge on any atom is 0.243 e. The fourth-order valence-corrected chi connectivity index (χ4v) is 4.32. The molecule has 0 saturated heterocycles. The minimum absolute atomic E-state index is 0.254. The molecule has 1 amide bonds. The number of rotatable bonds is 8. The van der Waals surface area contributed by atoms with E-state index in [1.807, 2.05) is 51.1 Å². The number of hydrogen-bond donors (Lipinski definition) is 1. The number of nitrogens with zero attached hydrogens (tertiary/aromatic N) is 1. The van der Waals surface area contributed by atoms with E-state index in [0.29, 0.717) is 18.0 Å². The fourth-order valence-electron chi connectivity index (χ4n) is 3.16. The fraction of sp³-hybridized carbons (Fsp3) is 0.381. The van der Waals surface area contributed by atoms with E-state index in [1.54, 1.807) is 19.1 Å². The summed E-state index contributed by atoms with van der Waals surface area (Å²) in [6, 6.07) is 12.0. The van der Waals surface area contributed by atoms with Crippen molar-refractivity contribution in [2.75, 3.05) is 17.2 Å². The van der Waals surface area contributed by atoms with Crippen molar-refractivity contribution in [1.29, 1.82) is 0 Å². The zero-order chi connectivity index (χ0) is 20.9. The van der Waals surface area contributed by atoms with Crippen LogP contribution in [-0.4, -0.2) is 33.2 Å². The molecule has 0 radical (unpaired) electrons. The molecule has 0 aromatic heterocycles. The summed E-state index contributed by atoms with van der Waals surface area (Å²) >= 11 is 0. The lowest BCUT2D eigenvalue weighted by Crippen LogP contribution is -2.47. The molecule has 0 heterocycles. The maximum atomic E-state index is 12.8. The molecule has 2 aromatic carbocycles. The molecule has 1 atom stereocenters. The number of nitrogens with one attached hydrogen (secondary N) is 1. The summed E-state index contributed by atoms with van der Waals surface area (Å²) in [7, 11) is -3.65. The lowest BCUT2D eigenvalue weighted by molar-refractivity contribution is -0.122. The van der Waals surface area contributed by atoms with Crippen molar-refractivity contribution >= 4 is 21.6 Å². The summed E-state index contributed by atoms with van der Waals surface area (Å²) in [5.74, 6) is 0.322. The van der Waals surface area contributed by atoms with Gasteiger partial charge in [0.1, 0.15) is 11.8 Å². The molecule has 1 N–H and O–H groups in total. The first-order valence-electron chi connectivity index (χ1n) is 9.19. The van der Waals surface area contributed by atoms with Gasteiger partial charge in [0.2, 0.25) is 15.9 Å². The van der Waals surface area contributed by atoms with Crippen molar-refractivity contribution < 1.29 is 17.9 Å². The van der Waals surface area contributed by atoms with Gasteiger partial charge in [-0.1, -0.05) is 24.3 Å². The number of anilines is 1. The minimum Gasteiger partial charge on any atom is -0.494 e. The van der Waals surface area contributed by atoms with Crippen molar-refractivity contribution in [3.63, 3.8) is 0 Å². The Hall–Kier alpha value is -2.54. The molecule has 152 valence electrons. The van der Waals surface area contributed by atoms with Crippen LogP contribution in [0.25, 0.3) is 0 Å². The Morgan fingerprint density at radius 1 is 1.14 bits per heavy atom. The molecule has 0 spiro atoms. The number of hydrogen-bond acceptors (Lipinski definition) is 4. The summed E-state index contributed by atoms with van der Waals surface area (Å²) in [5.41, 5.74) is 3.18. The molecule has 7 heteroatoms. The van der Waals surface area contributed by atoms with Crippen molar-refractivity contribution in [2.24, 2.45) is 0 Å². The lowest BCUT2D eigenvalue weighted by atomic mass is 10.1. The highest BCUT2D eigenvalue weighted by atomic mass is 32.2. The second-order valence-electron chi connectivity index (χ2n) is 6.84. The first-order valence-corrected chi connectivity index (χ1v) is 11.0. The number of carbonyl (C=O) groups is 1. The molecule has 0 fully saturated rings. The molecule has 6 nitrogen and oxygen atoms in total. The van der Waals surface area contributed by atoms with Gasteiger partial charge in [0, 0.05) is 12.1 Å². The van der Waals surface area contributed by atoms with Crippen LogP contribution in [0.1, 0.15) is 30.5 Å². The number of sulfonamides is 1. The topological polar surface area (TPSA) is 75.7 Å². The average Bonchev–Trinajstić information content (AvgIpc) is 2.59. The molecule has 0 bridgehead atoms. The van der Waals surface area contributed by atoms with Gasteiger partial charge in [0.15, 0.2) is 0 Å². The number of amides is 1. The van der Waals surface area contributed by atoms with Crippen molar-refractivity contribution in [2.45, 2.75) is 40.3 Å². The third-order valence-electron chi connectivity index (χ3n) is 4.27. The summed E-state index contributed by atoms with van der Waals surface area (Å²) in [5, 5.41) is 2.82. The van der Waals surface area contributed by atoms with E-state index in [4.69, 9.17) is 4.74 Å². The second-order valence-corrected chi connectivity index (χ2v) is 8.70. The van der Waals surface area contributed by atoms with Gasteiger partial charge in [-0.3, -0.25) is 9.10 Å². The van der Waals surface area contributed by atoms with Crippen LogP contribution in [0.5, 0.6) is 5.75 Å². The van der Waals surface area contributed by atoms with Crippen LogP contribution in [0.4, 0.5) is 5.69 Å². The SMILES string of the molecule is CCOc1ccccc1CNC(=O)[C@H](C)N(c1cc(C)cc(C)c1)S(C)(=O)=O. The molecule has 2 rings (SSSR count). The highest BCUT2D eigenvalue weighted by Crippen LogP contribution is 2.24. The quantitative estimate of drug-likeness (QED) is 0.733. The zero-order valence-electron chi connectivity index (χ0n) is 17.0. The number of ether oxygens (including phenoxy) is 1. The van der Waals surface area contributed by atoms with Gasteiger partial charge in [-0.05, 0) is 57.0 Å². The van der Waals surface area contributed by atoms with Crippen LogP contribution in [0.15, 0.2) is 42.5 Å². The van der Waals surface area contributed by atoms with Gasteiger partial charge in [-0.15, -0.1) is 0 Å². The molecule has 0 aliphatic rings. The van der Waals surface area contributed by atoms with E-state index in [-0.39, 0.29) is 12.5 Å². The number of benzene rings is 2. The van der Waals surface area contributed by atoms with E-state index in [1.165, 1.54) is 0 Å². The highest BCUT2D eigenvalue weighted by Gasteiger charge is 2.29. The van der Waals surface area contributed by atoms with Crippen LogP contribution < -0.4 is 14.4 Å². The van der Waals surface area contributed by atoms with Crippen LogP contribution in [0.2, 0.25) is 0 Å². The van der Waals surface area contributed by atoms with Crippen molar-refractivity contribution in [1.82, 2.24) is 5.32 Å². The minimum atomic E-state index is -3.65. The molecule has 0 aliphatic carbocycles. The highest BCUT2D eigenvalue weighted by molar-refractivity contribution is 7.92. The molecule has 0 unspecified atom stereocenters. The van der Waals surface area contributed by atoms with Gasteiger partial charge >= 0.3 is 0 Å². The summed E-state index contributed by atoms with van der Waals surface area (Å²) in [6.07, 6.45) is 1.11. The van der Waals surface area contributed by atoms with E-state index in [2.05, 4.69) is 5.32 Å². The Morgan fingerprint density at radius 2 is 1.75 bits per heavy atom. The van der Waals surface area contributed by atoms with E-state index >= 15 is 0 Å². The Labute approximate surface area is 167 Å². The largest absolute Gasteiger partial charge is 0.494 e. The monoisotopic (exact) mass is 404 g/mol. The smallest absolute Gasteiger partial charge is 0.243 e. The predicted octanol–water partition coefficient (Wildman–Crippen LogP) is 3.17. The molecule has 0 aliphatic heterocycles. The second kappa shape index (κ2) is 9.10. The molecular formula is C21H28N2O4S. The third kappa shape index (κ3) is 5.48. The van der Waals surface area contributed by atoms with Crippen molar-refractivity contribution in [3.05, 3.63) is 59.2 Å². The van der Waals surface area contributed by atoms with Gasteiger partial charge in [0.05, 0.1) is 18.6 Å². The average molecular weight is 405 g/mol. The number of carbonyl (C=O) groups excluding carboxylic acids is 1. The standard InChI is InChI=1S/C21H28N2O4S/c1-6-27-20-10-8-7-9-18(20)14-22-21(24)17(4)23(28(5,25)26)19-12-15(2)11-16(3)13-19/h7-13,17H,6,14H2,1-5H3,(H,22,24)/t17-/m0/s1. The third-order valence-corrected chi connectivity index (χ3v) is 5.52. The zero-order valence-corrected chi connectivity index (χ0v) is 17.8. The maximum absolute atomic E-state index is 12.8. The Kier molecular flexibility index (Phi) is 7.07. The van der Waals surface area contributed by atoms with E-state index in [0.717, 1.165) is 27.3 Å². The van der Waals surface area contributed by atoms with Crippen LogP contribution in [0, 0.1) is 13.8 Å². The molecule has 2 aromatic rings. The van der Waals surface area contributed by atoms with Crippen LogP contribution >= 0.6 is 0 Å². The molecular weight excluding hydrogens is 376 g/mol. The normalized spacial score (nSPS) is 12.3. The Bertz CT molecular complexity index is 921. The molecule has 0 saturated carbocycles. The first kappa shape index (κ1) is 21.8. The predicted molar refractivity (Wildman–Crippen MR) is 112 cm³/mol. The van der Waals surface area contributed by atoms with Gasteiger partial charge in [0.25, 0.3) is 0 Å². The lowest BCUT2D eigenvalue weighted by Gasteiger charge is -2.29. The number of aryl methyl sites for hydroxylation is 2. The summed E-state index contributed by atoms with van der Waals surface area (Å²) in [4.78, 5) is 12.8. The Morgan fingerprint density at radius 3 is 2.32 bits per heavy atom.